The summed E-state index contributed by atoms with van der Waals surface area (Å²) in [4.78, 5) is 0. The molecule has 0 aliphatic carbocycles. The van der Waals surface area contributed by atoms with E-state index in [2.05, 4.69) is 0 Å². The second kappa shape index (κ2) is 2.99. The highest BCUT2D eigenvalue weighted by atomic mass is 35.6. The van der Waals surface area contributed by atoms with Gasteiger partial charge in [-0.2, -0.15) is 0 Å². The van der Waals surface area contributed by atoms with Crippen LogP contribution in [0.25, 0.3) is 0 Å². The lowest BCUT2D eigenvalue weighted by Crippen LogP contribution is -2.10. The number of hydrogen-bond acceptors (Lipinski definition) is 1. The van der Waals surface area contributed by atoms with Gasteiger partial charge in [-0.1, -0.05) is 0 Å². The van der Waals surface area contributed by atoms with Crippen molar-refractivity contribution in [2.45, 2.75) is 0 Å². The Labute approximate surface area is 43.0 Å². The number of rotatable bonds is 1. The standard InChI is InChI=1S/C2H6N.Al.ClH.H/c1-3-2;;;/h1-2H3;;1H;/q-1;+2;;/p-1. The van der Waals surface area contributed by atoms with E-state index in [0.717, 1.165) is 0 Å². The summed E-state index contributed by atoms with van der Waals surface area (Å²) >= 11 is -0.346. The summed E-state index contributed by atoms with van der Waals surface area (Å²) in [5, 5.41) is 0. The molecule has 0 saturated carbocycles. The molecule has 0 aromatic heterocycles. The van der Waals surface area contributed by atoms with Gasteiger partial charge in [-0.15, -0.1) is 0 Å². The lowest BCUT2D eigenvalue weighted by molar-refractivity contribution is 0.673. The minimum atomic E-state index is -0.346. The average Bonchev–Trinajstić information content (AvgIpc) is 1.38. The molecule has 0 unspecified atom stereocenters. The highest BCUT2D eigenvalue weighted by molar-refractivity contribution is 6.91. The molecule has 0 spiro atoms. The first-order valence-corrected chi connectivity index (χ1v) is 4.25. The molecule has 0 N–H and O–H groups in total. The Morgan fingerprint density at radius 1 is 1.60 bits per heavy atom. The summed E-state index contributed by atoms with van der Waals surface area (Å²) in [6.45, 7) is 0. The van der Waals surface area contributed by atoms with Gasteiger partial charge in [0, 0.05) is 0 Å². The Morgan fingerprint density at radius 3 is 1.80 bits per heavy atom. The molecule has 0 amide bonds. The number of halogens is 1. The zero-order valence-electron chi connectivity index (χ0n) is 3.53. The van der Waals surface area contributed by atoms with Crippen LogP contribution in [0.15, 0.2) is 0 Å². The van der Waals surface area contributed by atoms with Gasteiger partial charge in [-0.3, -0.25) is 0 Å². The van der Waals surface area contributed by atoms with Crippen molar-refractivity contribution in [2.24, 2.45) is 0 Å². The van der Waals surface area contributed by atoms with Crippen molar-refractivity contribution in [1.29, 1.82) is 0 Å². The van der Waals surface area contributed by atoms with E-state index in [1.165, 1.54) is 0 Å². The van der Waals surface area contributed by atoms with Gasteiger partial charge < -0.3 is 3.88 Å². The van der Waals surface area contributed by atoms with Crippen LogP contribution in [0.5, 0.6) is 0 Å². The molecule has 0 fully saturated rings. The third kappa shape index (κ3) is 4.78. The molecule has 30 valence electrons. The average molecular weight is 108 g/mol. The first-order valence-electron chi connectivity index (χ1n) is 1.48. The molecule has 0 saturated heterocycles. The molecule has 0 bridgehead atoms. The normalized spacial score (nSPS) is 8.80. The molecular weight excluding hydrogens is 100 g/mol. The van der Waals surface area contributed by atoms with Gasteiger partial charge in [0.2, 0.25) is 0 Å². The van der Waals surface area contributed by atoms with E-state index in [1.807, 2.05) is 18.0 Å². The predicted octanol–water partition coefficient (Wildman–Crippen LogP) is 0.0533. The predicted molar refractivity (Wildman–Crippen MR) is 26.7 cm³/mol. The van der Waals surface area contributed by atoms with Gasteiger partial charge in [0.1, 0.15) is 0 Å². The van der Waals surface area contributed by atoms with Gasteiger partial charge in [0.25, 0.3) is 0 Å². The molecule has 1 nitrogen and oxygen atoms in total. The van der Waals surface area contributed by atoms with Crippen LogP contribution in [0.2, 0.25) is 0 Å². The molecule has 3 heteroatoms. The third-order valence-electron chi connectivity index (χ3n) is 0.239. The Balaban J connectivity index is 2.54. The van der Waals surface area contributed by atoms with E-state index in [0.29, 0.717) is 0 Å². The lowest BCUT2D eigenvalue weighted by Gasteiger charge is -1.96. The van der Waals surface area contributed by atoms with Crippen LogP contribution >= 0.6 is 10.0 Å². The highest BCUT2D eigenvalue weighted by Crippen LogP contribution is 1.69. The molecule has 0 rings (SSSR count). The van der Waals surface area contributed by atoms with Crippen LogP contribution in [0, 0.1) is 0 Å². The van der Waals surface area contributed by atoms with Crippen LogP contribution in [0.3, 0.4) is 0 Å². The monoisotopic (exact) mass is 107 g/mol. The molecular formula is C2H7AlClN. The summed E-state index contributed by atoms with van der Waals surface area (Å²) in [7, 11) is 9.37. The summed E-state index contributed by atoms with van der Waals surface area (Å²) in [6.07, 6.45) is 0. The summed E-state index contributed by atoms with van der Waals surface area (Å²) in [5.41, 5.74) is 0. The van der Waals surface area contributed by atoms with Crippen molar-refractivity contribution < 1.29 is 0 Å². The van der Waals surface area contributed by atoms with Crippen LogP contribution in [0.4, 0.5) is 0 Å². The maximum atomic E-state index is 5.40. The summed E-state index contributed by atoms with van der Waals surface area (Å²) in [6, 6.07) is 0. The molecule has 0 aliphatic heterocycles. The third-order valence-corrected chi connectivity index (χ3v) is 2.15. The maximum Gasteiger partial charge on any atom is 0.480 e. The first-order chi connectivity index (χ1) is 2.27. The Bertz CT molecular complexity index is 23.6. The quantitative estimate of drug-likeness (QED) is 0.428. The topological polar surface area (TPSA) is 3.24 Å². The van der Waals surface area contributed by atoms with Crippen molar-refractivity contribution in [2.75, 3.05) is 14.1 Å². The molecule has 0 aliphatic rings. The highest BCUT2D eigenvalue weighted by Gasteiger charge is 1.84. The largest absolute Gasteiger partial charge is 0.480 e. The molecule has 0 heterocycles. The van der Waals surface area contributed by atoms with Crippen molar-refractivity contribution in [3.05, 3.63) is 0 Å². The Kier molecular flexibility index (Phi) is 3.46. The van der Waals surface area contributed by atoms with Crippen LogP contribution in [-0.2, 0) is 0 Å². The lowest BCUT2D eigenvalue weighted by atomic mass is 11.3. The first kappa shape index (κ1) is 5.78. The van der Waals surface area contributed by atoms with Crippen LogP contribution in [0.1, 0.15) is 0 Å². The smallest absolute Gasteiger partial charge is 0.380 e. The van der Waals surface area contributed by atoms with E-state index < -0.39 is 0 Å². The van der Waals surface area contributed by atoms with Crippen molar-refractivity contribution in [1.82, 2.24) is 3.88 Å². The van der Waals surface area contributed by atoms with E-state index in [1.54, 1.807) is 0 Å². The molecule has 0 aromatic rings. The van der Waals surface area contributed by atoms with E-state index in [-0.39, 0.29) is 14.5 Å². The number of nitrogens with zero attached hydrogens (tertiary/aromatic N) is 1. The fourth-order valence-corrected chi connectivity index (χ4v) is 0. The summed E-state index contributed by atoms with van der Waals surface area (Å²) < 4.78 is 2.03. The second-order valence-corrected chi connectivity index (χ2v) is 3.42. The van der Waals surface area contributed by atoms with Crippen LogP contribution in [-0.4, -0.2) is 32.5 Å². The molecule has 5 heavy (non-hydrogen) atoms. The maximum absolute atomic E-state index is 5.40. The minimum Gasteiger partial charge on any atom is -0.380 e. The van der Waals surface area contributed by atoms with Crippen LogP contribution < -0.4 is 0 Å². The summed E-state index contributed by atoms with van der Waals surface area (Å²) in [5.74, 6) is 0. The Hall–Kier alpha value is 0.782. The van der Waals surface area contributed by atoms with Gasteiger partial charge in [-0.05, 0) is 14.1 Å². The van der Waals surface area contributed by atoms with E-state index in [4.69, 9.17) is 10.0 Å². The Morgan fingerprint density at radius 2 is 1.80 bits per heavy atom. The van der Waals surface area contributed by atoms with Gasteiger partial charge >= 0.3 is 14.5 Å². The fourth-order valence-electron chi connectivity index (χ4n) is 0. The second-order valence-electron chi connectivity index (χ2n) is 1.20. The number of hydrogen-bond donors (Lipinski definition) is 0. The van der Waals surface area contributed by atoms with E-state index in [9.17, 15) is 0 Å². The van der Waals surface area contributed by atoms with Gasteiger partial charge in [-0.25, -0.2) is 10.0 Å². The molecule has 0 radical (unpaired) electrons. The zero-order chi connectivity index (χ0) is 4.28. The zero-order valence-corrected chi connectivity index (χ0v) is 5.70. The van der Waals surface area contributed by atoms with Gasteiger partial charge in [0.15, 0.2) is 0 Å². The minimum absolute atomic E-state index is 0.346. The fraction of sp³-hybridized carbons (Fsp3) is 1.00. The van der Waals surface area contributed by atoms with Crippen molar-refractivity contribution >= 4 is 24.6 Å². The van der Waals surface area contributed by atoms with Crippen molar-refractivity contribution in [3.63, 3.8) is 0 Å². The van der Waals surface area contributed by atoms with Gasteiger partial charge in [0.05, 0.1) is 0 Å². The SMILES string of the molecule is C[N](C)[AlH][Cl]. The molecule has 0 aromatic carbocycles. The van der Waals surface area contributed by atoms with Crippen molar-refractivity contribution in [3.8, 4) is 0 Å². The molecule has 0 atom stereocenters. The van der Waals surface area contributed by atoms with E-state index >= 15 is 0 Å².